The summed E-state index contributed by atoms with van der Waals surface area (Å²) in [7, 11) is 0. The minimum absolute atomic E-state index is 0.661. The molecule has 0 amide bonds. The van der Waals surface area contributed by atoms with Crippen LogP contribution in [0.25, 0.3) is 5.65 Å². The van der Waals surface area contributed by atoms with E-state index in [1.807, 2.05) is 12.1 Å². The summed E-state index contributed by atoms with van der Waals surface area (Å²) in [5.74, 6) is 2.41. The van der Waals surface area contributed by atoms with Crippen molar-refractivity contribution < 1.29 is 0 Å². The number of likely N-dealkylation sites (tertiary alicyclic amines) is 1. The van der Waals surface area contributed by atoms with E-state index in [1.54, 1.807) is 0 Å². The van der Waals surface area contributed by atoms with E-state index >= 15 is 0 Å². The third kappa shape index (κ3) is 3.04. The van der Waals surface area contributed by atoms with Crippen LogP contribution in [0.2, 0.25) is 0 Å². The van der Waals surface area contributed by atoms with Gasteiger partial charge in [-0.1, -0.05) is 13.8 Å². The Kier molecular flexibility index (Phi) is 3.77. The van der Waals surface area contributed by atoms with Gasteiger partial charge in [0.15, 0.2) is 5.65 Å². The van der Waals surface area contributed by atoms with E-state index in [4.69, 9.17) is 0 Å². The molecule has 108 valence electrons. The maximum atomic E-state index is 4.30. The number of rotatable bonds is 4. The molecule has 3 heterocycles. The van der Waals surface area contributed by atoms with Crippen molar-refractivity contribution >= 4 is 11.5 Å². The summed E-state index contributed by atoms with van der Waals surface area (Å²) in [5.41, 5.74) is 0.661. The van der Waals surface area contributed by atoms with Gasteiger partial charge in [0.2, 0.25) is 0 Å². The monoisotopic (exact) mass is 275 g/mol. The molecule has 1 saturated heterocycles. The molecule has 1 N–H and O–H groups in total. The number of nitrogens with one attached hydrogen (secondary N) is 1. The van der Waals surface area contributed by atoms with Crippen molar-refractivity contribution in [2.75, 3.05) is 31.5 Å². The van der Waals surface area contributed by atoms with Crippen molar-refractivity contribution in [2.45, 2.75) is 20.3 Å². The molecule has 7 nitrogen and oxygen atoms in total. The summed E-state index contributed by atoms with van der Waals surface area (Å²) in [5, 5.41) is 18.8. The van der Waals surface area contributed by atoms with Gasteiger partial charge in [0.25, 0.3) is 0 Å². The molecule has 0 saturated carbocycles. The van der Waals surface area contributed by atoms with Gasteiger partial charge in [-0.05, 0) is 40.8 Å². The standard InChI is InChI=1S/C13H21N7/c1-10-7-11(2)9-19(8-10)6-5-14-12-3-4-13-15-17-18-20(13)16-12/h3-4,10-11H,5-9H2,1-2H3,(H,14,16). The minimum Gasteiger partial charge on any atom is -0.367 e. The Morgan fingerprint density at radius 3 is 2.85 bits per heavy atom. The second-order valence-corrected chi connectivity index (χ2v) is 5.88. The topological polar surface area (TPSA) is 71.2 Å². The lowest BCUT2D eigenvalue weighted by Gasteiger charge is -2.34. The van der Waals surface area contributed by atoms with Crippen LogP contribution in [-0.2, 0) is 0 Å². The van der Waals surface area contributed by atoms with Crippen molar-refractivity contribution in [3.05, 3.63) is 12.1 Å². The molecule has 0 radical (unpaired) electrons. The first-order valence-electron chi connectivity index (χ1n) is 7.22. The maximum absolute atomic E-state index is 4.30. The van der Waals surface area contributed by atoms with Crippen LogP contribution in [0.3, 0.4) is 0 Å². The van der Waals surface area contributed by atoms with E-state index in [1.165, 1.54) is 24.1 Å². The molecule has 0 bridgehead atoms. The van der Waals surface area contributed by atoms with Gasteiger partial charge in [-0.25, -0.2) is 0 Å². The predicted octanol–water partition coefficient (Wildman–Crippen LogP) is 0.909. The zero-order valence-electron chi connectivity index (χ0n) is 12.0. The van der Waals surface area contributed by atoms with Gasteiger partial charge < -0.3 is 10.2 Å². The van der Waals surface area contributed by atoms with E-state index in [0.717, 1.165) is 30.7 Å². The first-order valence-corrected chi connectivity index (χ1v) is 7.22. The highest BCUT2D eigenvalue weighted by molar-refractivity contribution is 5.41. The average Bonchev–Trinajstić information content (AvgIpc) is 2.85. The number of hydrogen-bond acceptors (Lipinski definition) is 6. The van der Waals surface area contributed by atoms with Crippen LogP contribution in [0.1, 0.15) is 20.3 Å². The Bertz CT molecular complexity index is 557. The molecule has 1 aliphatic rings. The van der Waals surface area contributed by atoms with Crippen LogP contribution in [0.5, 0.6) is 0 Å². The normalized spacial score (nSPS) is 24.1. The fraction of sp³-hybridized carbons (Fsp3) is 0.692. The number of anilines is 1. The van der Waals surface area contributed by atoms with Crippen LogP contribution in [0.4, 0.5) is 5.82 Å². The van der Waals surface area contributed by atoms with E-state index in [0.29, 0.717) is 5.65 Å². The minimum atomic E-state index is 0.661. The molecule has 0 aliphatic carbocycles. The number of fused-ring (bicyclic) bond motifs is 1. The second kappa shape index (κ2) is 5.70. The zero-order valence-corrected chi connectivity index (χ0v) is 12.0. The van der Waals surface area contributed by atoms with Crippen molar-refractivity contribution in [1.29, 1.82) is 0 Å². The number of hydrogen-bond donors (Lipinski definition) is 1. The third-order valence-corrected chi connectivity index (χ3v) is 3.75. The van der Waals surface area contributed by atoms with Crippen LogP contribution in [0.15, 0.2) is 12.1 Å². The number of tetrazole rings is 1. The highest BCUT2D eigenvalue weighted by atomic mass is 15.6. The summed E-state index contributed by atoms with van der Waals surface area (Å²) in [6.45, 7) is 9.01. The largest absolute Gasteiger partial charge is 0.367 e. The molecular weight excluding hydrogens is 254 g/mol. The lowest BCUT2D eigenvalue weighted by molar-refractivity contribution is 0.146. The first kappa shape index (κ1) is 13.2. The smallest absolute Gasteiger partial charge is 0.200 e. The lowest BCUT2D eigenvalue weighted by Crippen LogP contribution is -2.41. The van der Waals surface area contributed by atoms with Gasteiger partial charge in [0.05, 0.1) is 0 Å². The Labute approximate surface area is 118 Å². The quantitative estimate of drug-likeness (QED) is 0.894. The van der Waals surface area contributed by atoms with Crippen molar-refractivity contribution in [3.63, 3.8) is 0 Å². The Morgan fingerprint density at radius 2 is 2.05 bits per heavy atom. The summed E-state index contributed by atoms with van der Waals surface area (Å²) < 4.78 is 1.44. The van der Waals surface area contributed by atoms with Gasteiger partial charge in [0.1, 0.15) is 5.82 Å². The number of piperidine rings is 1. The van der Waals surface area contributed by atoms with Crippen molar-refractivity contribution in [2.24, 2.45) is 11.8 Å². The molecule has 7 heteroatoms. The molecule has 0 aromatic carbocycles. The van der Waals surface area contributed by atoms with Gasteiger partial charge >= 0.3 is 0 Å². The van der Waals surface area contributed by atoms with E-state index < -0.39 is 0 Å². The molecule has 1 fully saturated rings. The van der Waals surface area contributed by atoms with Gasteiger partial charge in [-0.3, -0.25) is 0 Å². The fourth-order valence-electron chi connectivity index (χ4n) is 3.06. The van der Waals surface area contributed by atoms with E-state index in [2.05, 4.69) is 44.7 Å². The zero-order chi connectivity index (χ0) is 13.9. The van der Waals surface area contributed by atoms with E-state index in [9.17, 15) is 0 Å². The molecule has 2 unspecified atom stereocenters. The lowest BCUT2D eigenvalue weighted by atomic mass is 9.92. The predicted molar refractivity (Wildman–Crippen MR) is 76.5 cm³/mol. The fourth-order valence-corrected chi connectivity index (χ4v) is 3.06. The SMILES string of the molecule is CC1CC(C)CN(CCNc2ccc3nnnn3n2)C1. The summed E-state index contributed by atoms with van der Waals surface area (Å²) in [6.07, 6.45) is 1.35. The Balaban J connectivity index is 1.51. The summed E-state index contributed by atoms with van der Waals surface area (Å²) in [6, 6.07) is 3.77. The van der Waals surface area contributed by atoms with Crippen LogP contribution in [-0.4, -0.2) is 56.3 Å². The first-order chi connectivity index (χ1) is 9.70. The third-order valence-electron chi connectivity index (χ3n) is 3.75. The second-order valence-electron chi connectivity index (χ2n) is 5.88. The molecular formula is C13H21N7. The van der Waals surface area contributed by atoms with Gasteiger partial charge in [-0.2, -0.15) is 0 Å². The van der Waals surface area contributed by atoms with Gasteiger partial charge in [0, 0.05) is 26.2 Å². The van der Waals surface area contributed by atoms with E-state index in [-0.39, 0.29) is 0 Å². The highest BCUT2D eigenvalue weighted by Gasteiger charge is 2.21. The molecule has 2 aromatic heterocycles. The summed E-state index contributed by atoms with van der Waals surface area (Å²) in [4.78, 5) is 2.53. The van der Waals surface area contributed by atoms with Crippen LogP contribution >= 0.6 is 0 Å². The molecule has 2 atom stereocenters. The maximum Gasteiger partial charge on any atom is 0.200 e. The Morgan fingerprint density at radius 1 is 1.25 bits per heavy atom. The highest BCUT2D eigenvalue weighted by Crippen LogP contribution is 2.20. The molecule has 3 rings (SSSR count). The number of aromatic nitrogens is 5. The summed E-state index contributed by atoms with van der Waals surface area (Å²) >= 11 is 0. The van der Waals surface area contributed by atoms with Crippen molar-refractivity contribution in [3.8, 4) is 0 Å². The molecule has 0 spiro atoms. The van der Waals surface area contributed by atoms with Gasteiger partial charge in [-0.15, -0.1) is 14.8 Å². The molecule has 1 aliphatic heterocycles. The average molecular weight is 275 g/mol. The van der Waals surface area contributed by atoms with Crippen molar-refractivity contribution in [1.82, 2.24) is 30.2 Å². The number of nitrogens with zero attached hydrogens (tertiary/aromatic N) is 6. The van der Waals surface area contributed by atoms with Crippen LogP contribution in [0, 0.1) is 11.8 Å². The molecule has 2 aromatic rings. The molecule has 20 heavy (non-hydrogen) atoms. The Hall–Kier alpha value is -1.76. The van der Waals surface area contributed by atoms with Crippen LogP contribution < -0.4 is 5.32 Å².